The molecule has 3 amide bonds. The van der Waals surface area contributed by atoms with Gasteiger partial charge in [0.15, 0.2) is 17.2 Å². The molecule has 4 atom stereocenters. The highest BCUT2D eigenvalue weighted by molar-refractivity contribution is 6.24. The van der Waals surface area contributed by atoms with E-state index in [9.17, 15) is 44.4 Å². The summed E-state index contributed by atoms with van der Waals surface area (Å²) in [5.41, 5.74) is 7.15. The van der Waals surface area contributed by atoms with E-state index >= 15 is 0 Å². The molecule has 0 bridgehead atoms. The third kappa shape index (κ3) is 4.25. The van der Waals surface area contributed by atoms with Crippen LogP contribution >= 0.6 is 0 Å². The SMILES string of the molecule is CN(C)[C@@H]1C(=O)C(C(N)=O)=C(O)[C@@]2(O)C(=O)C3=C(O)c4c(O)ccc(C(=O)CN5CCN(C(N)=O)CC5)c4C[C@H]3C[C@@H]12. The third-order valence-corrected chi connectivity index (χ3v) is 8.96. The number of carbonyl (C=O) groups is 5. The van der Waals surface area contributed by atoms with Gasteiger partial charge in [-0.05, 0) is 50.6 Å². The number of carbonyl (C=O) groups excluding carboxylic acids is 5. The van der Waals surface area contributed by atoms with E-state index in [0.717, 1.165) is 0 Å². The zero-order valence-electron chi connectivity index (χ0n) is 23.2. The van der Waals surface area contributed by atoms with E-state index in [1.54, 1.807) is 0 Å². The number of ketones is 3. The van der Waals surface area contributed by atoms with Crippen LogP contribution in [0.5, 0.6) is 5.75 Å². The van der Waals surface area contributed by atoms with Crippen molar-refractivity contribution in [2.75, 3.05) is 46.8 Å². The lowest BCUT2D eigenvalue weighted by atomic mass is 9.57. The van der Waals surface area contributed by atoms with Gasteiger partial charge in [-0.25, -0.2) is 4.79 Å². The van der Waals surface area contributed by atoms with Crippen LogP contribution in [0.3, 0.4) is 0 Å². The molecule has 4 aliphatic rings. The van der Waals surface area contributed by atoms with E-state index in [2.05, 4.69) is 0 Å². The Kier molecular flexibility index (Phi) is 7.11. The lowest BCUT2D eigenvalue weighted by Crippen LogP contribution is -2.65. The third-order valence-electron chi connectivity index (χ3n) is 8.96. The highest BCUT2D eigenvalue weighted by Gasteiger charge is 2.64. The minimum Gasteiger partial charge on any atom is -0.508 e. The van der Waals surface area contributed by atoms with Crippen molar-refractivity contribution in [1.82, 2.24) is 14.7 Å². The zero-order chi connectivity index (χ0) is 30.8. The number of aromatic hydroxyl groups is 1. The Balaban J connectivity index is 1.55. The van der Waals surface area contributed by atoms with Crippen LogP contribution in [-0.4, -0.2) is 123 Å². The van der Waals surface area contributed by atoms with Crippen LogP contribution in [0.1, 0.15) is 27.9 Å². The summed E-state index contributed by atoms with van der Waals surface area (Å²) in [5.74, 6) is -7.80. The summed E-state index contributed by atoms with van der Waals surface area (Å²) in [4.78, 5) is 68.9. The quantitative estimate of drug-likeness (QED) is 0.179. The largest absolute Gasteiger partial charge is 0.508 e. The summed E-state index contributed by atoms with van der Waals surface area (Å²) >= 11 is 0. The highest BCUT2D eigenvalue weighted by atomic mass is 16.3. The standard InChI is InChI=1S/C28H33N5O9/c1-31(2)21-15-10-12-9-14-13(17(35)11-32-5-7-33(8-6-32)27(30)41)3-4-16(34)19(14)22(36)18(12)24(38)28(15,42)25(39)20(23(21)37)26(29)40/h3-4,12,15,21,34,36,39,42H,5-11H2,1-2H3,(H2,29,40)(H2,30,41)/t12-,15-,21-,28-/m0/s1. The smallest absolute Gasteiger partial charge is 0.314 e. The van der Waals surface area contributed by atoms with E-state index in [0.29, 0.717) is 31.7 Å². The minimum absolute atomic E-state index is 0.00110. The molecule has 1 saturated carbocycles. The molecule has 2 fully saturated rings. The molecular weight excluding hydrogens is 550 g/mol. The van der Waals surface area contributed by atoms with E-state index in [1.165, 1.54) is 36.0 Å². The van der Waals surface area contributed by atoms with Gasteiger partial charge in [-0.1, -0.05) is 0 Å². The maximum atomic E-state index is 13.9. The van der Waals surface area contributed by atoms with Gasteiger partial charge in [0.1, 0.15) is 22.8 Å². The second kappa shape index (κ2) is 10.2. The highest BCUT2D eigenvalue weighted by Crippen LogP contribution is 2.53. The average molecular weight is 584 g/mol. The predicted octanol–water partition coefficient (Wildman–Crippen LogP) is -1.16. The van der Waals surface area contributed by atoms with Gasteiger partial charge in [-0.2, -0.15) is 0 Å². The number of likely N-dealkylation sites (N-methyl/N-ethyl adjacent to an activating group) is 1. The Labute approximate surface area is 240 Å². The van der Waals surface area contributed by atoms with Crippen molar-refractivity contribution in [2.24, 2.45) is 23.3 Å². The maximum Gasteiger partial charge on any atom is 0.314 e. The van der Waals surface area contributed by atoms with Crippen molar-refractivity contribution < 1.29 is 44.4 Å². The van der Waals surface area contributed by atoms with Crippen LogP contribution in [-0.2, 0) is 20.8 Å². The Morgan fingerprint density at radius 2 is 1.69 bits per heavy atom. The second-order valence-electron chi connectivity index (χ2n) is 11.5. The number of piperazine rings is 1. The van der Waals surface area contributed by atoms with Crippen molar-refractivity contribution >= 4 is 35.0 Å². The number of aliphatic hydroxyl groups is 3. The first-order valence-corrected chi connectivity index (χ1v) is 13.5. The van der Waals surface area contributed by atoms with Crippen LogP contribution in [0.25, 0.3) is 5.76 Å². The number of aliphatic hydroxyl groups excluding tert-OH is 2. The summed E-state index contributed by atoms with van der Waals surface area (Å²) in [6.45, 7) is 1.57. The molecule has 5 rings (SSSR count). The molecule has 3 aliphatic carbocycles. The normalized spacial score (nSPS) is 28.0. The van der Waals surface area contributed by atoms with Gasteiger partial charge in [-0.3, -0.25) is 29.0 Å². The van der Waals surface area contributed by atoms with Crippen LogP contribution < -0.4 is 11.5 Å². The van der Waals surface area contributed by atoms with Gasteiger partial charge < -0.3 is 36.8 Å². The van der Waals surface area contributed by atoms with Crippen LogP contribution in [0.4, 0.5) is 4.79 Å². The number of urea groups is 1. The number of phenolic OH excluding ortho intramolecular Hbond substituents is 1. The van der Waals surface area contributed by atoms with Crippen molar-refractivity contribution in [3.8, 4) is 5.75 Å². The van der Waals surface area contributed by atoms with E-state index < -0.39 is 69.8 Å². The summed E-state index contributed by atoms with van der Waals surface area (Å²) < 4.78 is 0. The van der Waals surface area contributed by atoms with E-state index in [1.807, 2.05) is 4.90 Å². The molecular formula is C28H33N5O9. The van der Waals surface area contributed by atoms with E-state index in [-0.39, 0.29) is 41.9 Å². The molecule has 1 aromatic carbocycles. The topological polar surface area (TPSA) is 228 Å². The maximum absolute atomic E-state index is 13.9. The first-order valence-electron chi connectivity index (χ1n) is 13.5. The number of rotatable bonds is 5. The molecule has 14 heteroatoms. The molecule has 224 valence electrons. The lowest BCUT2D eigenvalue weighted by molar-refractivity contribution is -0.153. The summed E-state index contributed by atoms with van der Waals surface area (Å²) in [5, 5.41) is 44.7. The van der Waals surface area contributed by atoms with Crippen molar-refractivity contribution in [3.63, 3.8) is 0 Å². The Hall–Kier alpha value is -4.27. The number of phenols is 1. The average Bonchev–Trinajstić information content (AvgIpc) is 2.90. The Bertz CT molecular complexity index is 1490. The molecule has 1 aromatic rings. The minimum atomic E-state index is -2.74. The number of benzene rings is 1. The fraction of sp³-hybridized carbons (Fsp3) is 0.464. The number of Topliss-reactive ketones (excluding diaryl/α,β-unsaturated/α-hetero) is 3. The van der Waals surface area contributed by atoms with Gasteiger partial charge in [0.25, 0.3) is 5.91 Å². The number of hydrogen-bond acceptors (Lipinski definition) is 11. The van der Waals surface area contributed by atoms with Gasteiger partial charge in [0, 0.05) is 43.2 Å². The zero-order valence-corrected chi connectivity index (χ0v) is 23.2. The molecule has 42 heavy (non-hydrogen) atoms. The van der Waals surface area contributed by atoms with Gasteiger partial charge >= 0.3 is 6.03 Å². The molecule has 8 N–H and O–H groups in total. The Morgan fingerprint density at radius 3 is 2.26 bits per heavy atom. The first kappa shape index (κ1) is 29.2. The molecule has 0 unspecified atom stereocenters. The second-order valence-corrected chi connectivity index (χ2v) is 11.5. The van der Waals surface area contributed by atoms with Crippen molar-refractivity contribution in [3.05, 3.63) is 45.7 Å². The van der Waals surface area contributed by atoms with Gasteiger partial charge in [-0.15, -0.1) is 0 Å². The monoisotopic (exact) mass is 583 g/mol. The summed E-state index contributed by atoms with van der Waals surface area (Å²) in [6, 6.07) is 0.928. The number of nitrogens with two attached hydrogens (primary N) is 2. The van der Waals surface area contributed by atoms with Gasteiger partial charge in [0.05, 0.1) is 18.2 Å². The molecule has 1 aliphatic heterocycles. The molecule has 0 spiro atoms. The van der Waals surface area contributed by atoms with Crippen LogP contribution in [0, 0.1) is 11.8 Å². The number of amides is 3. The van der Waals surface area contributed by atoms with Crippen LogP contribution in [0.15, 0.2) is 29.0 Å². The fourth-order valence-electron chi connectivity index (χ4n) is 6.92. The first-order chi connectivity index (χ1) is 19.7. The fourth-order valence-corrected chi connectivity index (χ4v) is 6.92. The molecule has 14 nitrogen and oxygen atoms in total. The predicted molar refractivity (Wildman–Crippen MR) is 146 cm³/mol. The molecule has 1 heterocycles. The lowest BCUT2D eigenvalue weighted by Gasteiger charge is -2.50. The van der Waals surface area contributed by atoms with Gasteiger partial charge in [0.2, 0.25) is 5.78 Å². The van der Waals surface area contributed by atoms with E-state index in [4.69, 9.17) is 11.5 Å². The number of nitrogens with zero attached hydrogens (tertiary/aromatic N) is 3. The molecule has 0 aromatic heterocycles. The number of fused-ring (bicyclic) bond motifs is 3. The molecule has 0 radical (unpaired) electrons. The molecule has 1 saturated heterocycles. The van der Waals surface area contributed by atoms with Crippen molar-refractivity contribution in [1.29, 1.82) is 0 Å². The number of primary amides is 2. The number of hydrogen-bond donors (Lipinski definition) is 6. The van der Waals surface area contributed by atoms with Crippen LogP contribution in [0.2, 0.25) is 0 Å². The Morgan fingerprint density at radius 1 is 1.05 bits per heavy atom. The summed E-state index contributed by atoms with van der Waals surface area (Å²) in [7, 11) is 3.04. The summed E-state index contributed by atoms with van der Waals surface area (Å²) in [6.07, 6.45) is -0.0659. The van der Waals surface area contributed by atoms with Crippen molar-refractivity contribution in [2.45, 2.75) is 24.5 Å².